The third kappa shape index (κ3) is 2.57. The van der Waals surface area contributed by atoms with E-state index in [1.54, 1.807) is 19.2 Å². The smallest absolute Gasteiger partial charge is 0.335 e. The monoisotopic (exact) mass is 284 g/mol. The topological polar surface area (TPSA) is 55.8 Å². The van der Waals surface area contributed by atoms with E-state index < -0.39 is 5.97 Å². The standard InChI is InChI=1S/C17H16O4/c1-20-15-3-2-4-16-13(15)9-10-14(21-16)11-5-7-12(8-6-11)17(18)19/h2-8,14H,9-10H2,1H3,(H,18,19). The Hall–Kier alpha value is -2.49. The predicted octanol–water partition coefficient (Wildman–Crippen LogP) is 3.46. The fourth-order valence-corrected chi connectivity index (χ4v) is 2.66. The molecule has 0 radical (unpaired) electrons. The van der Waals surface area contributed by atoms with Gasteiger partial charge in [0.1, 0.15) is 17.6 Å². The van der Waals surface area contributed by atoms with E-state index in [1.807, 2.05) is 30.3 Å². The van der Waals surface area contributed by atoms with Gasteiger partial charge in [0.25, 0.3) is 0 Å². The van der Waals surface area contributed by atoms with Gasteiger partial charge in [0, 0.05) is 5.56 Å². The third-order valence-corrected chi connectivity index (χ3v) is 3.77. The number of hydrogen-bond acceptors (Lipinski definition) is 3. The Bertz CT molecular complexity index is 661. The quantitative estimate of drug-likeness (QED) is 0.937. The fourth-order valence-electron chi connectivity index (χ4n) is 2.66. The minimum Gasteiger partial charge on any atom is -0.496 e. The van der Waals surface area contributed by atoms with Crippen molar-refractivity contribution in [3.63, 3.8) is 0 Å². The van der Waals surface area contributed by atoms with Crippen LogP contribution in [0.1, 0.15) is 34.0 Å². The van der Waals surface area contributed by atoms with Gasteiger partial charge in [-0.2, -0.15) is 0 Å². The van der Waals surface area contributed by atoms with Crippen LogP contribution < -0.4 is 9.47 Å². The van der Waals surface area contributed by atoms with Crippen molar-refractivity contribution in [3.8, 4) is 11.5 Å². The van der Waals surface area contributed by atoms with Gasteiger partial charge in [0.2, 0.25) is 0 Å². The number of rotatable bonds is 3. The first kappa shape index (κ1) is 13.5. The molecule has 2 aromatic carbocycles. The summed E-state index contributed by atoms with van der Waals surface area (Å²) in [6.45, 7) is 0. The van der Waals surface area contributed by atoms with Crippen LogP contribution in [0.4, 0.5) is 0 Å². The summed E-state index contributed by atoms with van der Waals surface area (Å²) in [6.07, 6.45) is 1.68. The van der Waals surface area contributed by atoms with Crippen LogP contribution in [0.5, 0.6) is 11.5 Å². The Balaban J connectivity index is 1.84. The number of aromatic carboxylic acids is 1. The number of hydrogen-bond donors (Lipinski definition) is 1. The summed E-state index contributed by atoms with van der Waals surface area (Å²) in [5.41, 5.74) is 2.38. The second-order valence-electron chi connectivity index (χ2n) is 5.01. The van der Waals surface area contributed by atoms with Crippen molar-refractivity contribution in [1.82, 2.24) is 0 Å². The van der Waals surface area contributed by atoms with Crippen LogP contribution in [0.15, 0.2) is 42.5 Å². The van der Waals surface area contributed by atoms with Crippen LogP contribution in [0.25, 0.3) is 0 Å². The van der Waals surface area contributed by atoms with Gasteiger partial charge in [-0.25, -0.2) is 4.79 Å². The van der Waals surface area contributed by atoms with Crippen molar-refractivity contribution < 1.29 is 19.4 Å². The lowest BCUT2D eigenvalue weighted by molar-refractivity contribution is 0.0696. The maximum absolute atomic E-state index is 10.9. The molecule has 0 saturated heterocycles. The SMILES string of the molecule is COc1cccc2c1CCC(c1ccc(C(=O)O)cc1)O2. The number of carboxylic acid groups (broad SMARTS) is 1. The summed E-state index contributed by atoms with van der Waals surface area (Å²) in [5, 5.41) is 8.93. The summed E-state index contributed by atoms with van der Waals surface area (Å²) in [5.74, 6) is 0.779. The molecular formula is C17H16O4. The maximum atomic E-state index is 10.9. The normalized spacial score (nSPS) is 16.7. The van der Waals surface area contributed by atoms with Crippen molar-refractivity contribution in [2.45, 2.75) is 18.9 Å². The molecule has 0 aliphatic carbocycles. The lowest BCUT2D eigenvalue weighted by Gasteiger charge is -2.27. The van der Waals surface area contributed by atoms with Crippen molar-refractivity contribution in [1.29, 1.82) is 0 Å². The van der Waals surface area contributed by atoms with E-state index in [0.717, 1.165) is 35.5 Å². The molecule has 1 atom stereocenters. The van der Waals surface area contributed by atoms with E-state index in [-0.39, 0.29) is 11.7 Å². The molecule has 1 aliphatic heterocycles. The zero-order valence-electron chi connectivity index (χ0n) is 11.7. The van der Waals surface area contributed by atoms with Gasteiger partial charge in [0.15, 0.2) is 0 Å². The lowest BCUT2D eigenvalue weighted by Crippen LogP contribution is -2.15. The number of carboxylic acids is 1. The predicted molar refractivity (Wildman–Crippen MR) is 78.1 cm³/mol. The molecule has 0 bridgehead atoms. The summed E-state index contributed by atoms with van der Waals surface area (Å²) < 4.78 is 11.4. The maximum Gasteiger partial charge on any atom is 0.335 e. The van der Waals surface area contributed by atoms with E-state index in [0.29, 0.717) is 0 Å². The Labute approximate surface area is 122 Å². The Morgan fingerprint density at radius 3 is 2.67 bits per heavy atom. The molecule has 0 aromatic heterocycles. The zero-order valence-corrected chi connectivity index (χ0v) is 11.7. The second kappa shape index (κ2) is 5.48. The van der Waals surface area contributed by atoms with E-state index in [2.05, 4.69) is 0 Å². The Morgan fingerprint density at radius 1 is 1.24 bits per heavy atom. The van der Waals surface area contributed by atoms with E-state index in [4.69, 9.17) is 14.6 Å². The molecule has 4 heteroatoms. The Kier molecular flexibility index (Phi) is 3.52. The van der Waals surface area contributed by atoms with Crippen LogP contribution >= 0.6 is 0 Å². The molecule has 108 valence electrons. The largest absolute Gasteiger partial charge is 0.496 e. The summed E-state index contributed by atoms with van der Waals surface area (Å²) in [4.78, 5) is 10.9. The molecule has 3 rings (SSSR count). The van der Waals surface area contributed by atoms with Crippen molar-refractivity contribution in [2.75, 3.05) is 7.11 Å². The Morgan fingerprint density at radius 2 is 2.00 bits per heavy atom. The minimum atomic E-state index is -0.916. The number of ether oxygens (including phenoxy) is 2. The zero-order chi connectivity index (χ0) is 14.8. The first-order valence-electron chi connectivity index (χ1n) is 6.85. The van der Waals surface area contributed by atoms with Crippen molar-refractivity contribution in [3.05, 3.63) is 59.2 Å². The average molecular weight is 284 g/mol. The summed E-state index contributed by atoms with van der Waals surface area (Å²) >= 11 is 0. The van der Waals surface area contributed by atoms with Crippen LogP contribution in [0.3, 0.4) is 0 Å². The third-order valence-electron chi connectivity index (χ3n) is 3.77. The average Bonchev–Trinajstić information content (AvgIpc) is 2.53. The number of fused-ring (bicyclic) bond motifs is 1. The minimum absolute atomic E-state index is 0.0487. The van der Waals surface area contributed by atoms with E-state index >= 15 is 0 Å². The summed E-state index contributed by atoms with van der Waals surface area (Å²) in [7, 11) is 1.66. The van der Waals surface area contributed by atoms with Crippen molar-refractivity contribution >= 4 is 5.97 Å². The van der Waals surface area contributed by atoms with Gasteiger partial charge in [0.05, 0.1) is 12.7 Å². The van der Waals surface area contributed by atoms with Crippen LogP contribution in [0, 0.1) is 0 Å². The van der Waals surface area contributed by atoms with Crippen LogP contribution in [0.2, 0.25) is 0 Å². The highest BCUT2D eigenvalue weighted by atomic mass is 16.5. The lowest BCUT2D eigenvalue weighted by atomic mass is 9.96. The van der Waals surface area contributed by atoms with Gasteiger partial charge >= 0.3 is 5.97 Å². The molecular weight excluding hydrogens is 268 g/mol. The number of carbonyl (C=O) groups is 1. The molecule has 0 saturated carbocycles. The highest BCUT2D eigenvalue weighted by Crippen LogP contribution is 2.39. The van der Waals surface area contributed by atoms with Gasteiger partial charge in [-0.15, -0.1) is 0 Å². The number of benzene rings is 2. The fraction of sp³-hybridized carbons (Fsp3) is 0.235. The van der Waals surface area contributed by atoms with Gasteiger partial charge < -0.3 is 14.6 Å². The molecule has 1 aliphatic rings. The molecule has 4 nitrogen and oxygen atoms in total. The van der Waals surface area contributed by atoms with E-state index in [9.17, 15) is 4.79 Å². The molecule has 0 spiro atoms. The molecule has 1 N–H and O–H groups in total. The molecule has 1 heterocycles. The van der Waals surface area contributed by atoms with Gasteiger partial charge in [-0.1, -0.05) is 18.2 Å². The van der Waals surface area contributed by atoms with Gasteiger partial charge in [-0.3, -0.25) is 0 Å². The van der Waals surface area contributed by atoms with Crippen LogP contribution in [-0.4, -0.2) is 18.2 Å². The van der Waals surface area contributed by atoms with E-state index in [1.165, 1.54) is 0 Å². The molecule has 2 aromatic rings. The first-order chi connectivity index (χ1) is 10.2. The molecule has 0 amide bonds. The molecule has 0 fully saturated rings. The van der Waals surface area contributed by atoms with Gasteiger partial charge in [-0.05, 0) is 42.7 Å². The second-order valence-corrected chi connectivity index (χ2v) is 5.01. The van der Waals surface area contributed by atoms with Crippen molar-refractivity contribution in [2.24, 2.45) is 0 Å². The summed E-state index contributed by atoms with van der Waals surface area (Å²) in [6, 6.07) is 12.6. The highest BCUT2D eigenvalue weighted by molar-refractivity contribution is 5.87. The molecule has 1 unspecified atom stereocenters. The highest BCUT2D eigenvalue weighted by Gasteiger charge is 2.23. The van der Waals surface area contributed by atoms with Crippen LogP contribution in [-0.2, 0) is 6.42 Å². The number of methoxy groups -OCH3 is 1. The molecule has 21 heavy (non-hydrogen) atoms. The first-order valence-corrected chi connectivity index (χ1v) is 6.85.